The van der Waals surface area contributed by atoms with Gasteiger partial charge in [-0.15, -0.1) is 0 Å². The van der Waals surface area contributed by atoms with Gasteiger partial charge in [0.25, 0.3) is 0 Å². The molecule has 0 radical (unpaired) electrons. The number of aromatic nitrogens is 1. The molecule has 0 saturated heterocycles. The van der Waals surface area contributed by atoms with Crippen molar-refractivity contribution in [3.8, 4) is 28.5 Å². The first kappa shape index (κ1) is 27.1. The molecule has 2 aliphatic carbocycles. The zero-order valence-electron chi connectivity index (χ0n) is 25.6. The monoisotopic (exact) mass is 546 g/mol. The van der Waals surface area contributed by atoms with Crippen molar-refractivity contribution in [2.45, 2.75) is 74.7 Å². The molecule has 0 spiro atoms. The van der Waals surface area contributed by atoms with Gasteiger partial charge in [0, 0.05) is 28.1 Å². The largest absolute Gasteiger partial charge is 0.455 e. The highest BCUT2D eigenvalue weighted by Gasteiger charge is 2.43. The topological polar surface area (TPSA) is 49.8 Å². The third kappa shape index (κ3) is 4.16. The molecule has 0 unspecified atom stereocenters. The second-order valence-corrected chi connectivity index (χ2v) is 14.3. The second kappa shape index (κ2) is 9.67. The zero-order valence-corrected chi connectivity index (χ0v) is 25.6. The molecule has 0 bridgehead atoms. The first-order valence-electron chi connectivity index (χ1n) is 15.6. The Labute approximate surface area is 252 Å². The number of para-hydroxylation sites is 1. The van der Waals surface area contributed by atoms with Gasteiger partial charge in [0.2, 0.25) is 0 Å². The minimum absolute atomic E-state index is 0.0569. The summed E-state index contributed by atoms with van der Waals surface area (Å²) in [7, 11) is 7.38. The van der Waals surface area contributed by atoms with Crippen molar-refractivity contribution in [1.82, 2.24) is 4.98 Å². The molecule has 2 aromatic heterocycles. The Bertz CT molecular complexity index is 1890. The smallest absolute Gasteiger partial charge is 0.144 e. The third-order valence-electron chi connectivity index (χ3n) is 10.5. The highest BCUT2D eigenvalue weighted by Crippen LogP contribution is 2.52. The quantitative estimate of drug-likeness (QED) is 0.244. The number of benzene rings is 3. The number of fused-ring (bicyclic) bond motifs is 4. The SMILES string of the molecule is BC1(B)CCC(C)(C)c2cc(-c3c(C#N)ccc4c3oc3c(-c5ccccn5)cccc34)cc(C3(B)CCCCC3)c21. The molecular formula is C36H37B3N2O. The van der Waals surface area contributed by atoms with Crippen LogP contribution in [0.15, 0.2) is 71.3 Å². The number of nitriles is 1. The van der Waals surface area contributed by atoms with Gasteiger partial charge >= 0.3 is 0 Å². The standard InChI is InChI=1S/C36H37B3N2O/c1-34(2)16-17-36(38,39)31-27(34)19-23(20-28(31)35(37)14-5-3-6-15-35)30-22(21-40)12-13-25-24-9-8-10-26(32(24)42-33(25)30)29-11-4-7-18-41-29/h4,7-13,18-20H,3,5-6,14-17,37-39H2,1-2H3. The van der Waals surface area contributed by atoms with Gasteiger partial charge in [-0.25, -0.2) is 0 Å². The third-order valence-corrected chi connectivity index (χ3v) is 10.5. The molecule has 3 aromatic carbocycles. The van der Waals surface area contributed by atoms with Gasteiger partial charge in [-0.05, 0) is 64.2 Å². The Balaban J connectivity index is 1.57. The van der Waals surface area contributed by atoms with Crippen LogP contribution >= 0.6 is 0 Å². The lowest BCUT2D eigenvalue weighted by Crippen LogP contribution is -2.43. The van der Waals surface area contributed by atoms with Crippen molar-refractivity contribution in [3.63, 3.8) is 0 Å². The van der Waals surface area contributed by atoms with E-state index >= 15 is 0 Å². The fourth-order valence-corrected chi connectivity index (χ4v) is 7.98. The molecular weight excluding hydrogens is 509 g/mol. The van der Waals surface area contributed by atoms with Crippen LogP contribution in [0.3, 0.4) is 0 Å². The molecule has 2 aliphatic rings. The summed E-state index contributed by atoms with van der Waals surface area (Å²) in [5, 5.41) is 12.8. The molecule has 0 amide bonds. The van der Waals surface area contributed by atoms with Crippen LogP contribution in [-0.2, 0) is 15.9 Å². The molecule has 2 heterocycles. The predicted octanol–water partition coefficient (Wildman–Crippen LogP) is 6.47. The van der Waals surface area contributed by atoms with Crippen LogP contribution < -0.4 is 0 Å². The van der Waals surface area contributed by atoms with E-state index in [1.807, 2.05) is 30.5 Å². The van der Waals surface area contributed by atoms with Crippen LogP contribution in [0.4, 0.5) is 0 Å². The van der Waals surface area contributed by atoms with Gasteiger partial charge in [-0.2, -0.15) is 5.26 Å². The predicted molar refractivity (Wildman–Crippen MR) is 181 cm³/mol. The Kier molecular flexibility index (Phi) is 6.25. The number of nitrogens with zero attached hydrogens (tertiary/aromatic N) is 2. The molecule has 7 rings (SSSR count). The lowest BCUT2D eigenvalue weighted by atomic mass is 9.41. The minimum atomic E-state index is 0.0569. The molecule has 1 fully saturated rings. The Morgan fingerprint density at radius 2 is 1.57 bits per heavy atom. The van der Waals surface area contributed by atoms with Crippen molar-refractivity contribution in [1.29, 1.82) is 5.26 Å². The van der Waals surface area contributed by atoms with Crippen molar-refractivity contribution in [2.24, 2.45) is 0 Å². The molecule has 3 nitrogen and oxygen atoms in total. The summed E-state index contributed by atoms with van der Waals surface area (Å²) in [4.78, 5) is 4.62. The van der Waals surface area contributed by atoms with E-state index in [4.69, 9.17) is 4.42 Å². The van der Waals surface area contributed by atoms with Crippen molar-refractivity contribution in [2.75, 3.05) is 0 Å². The number of pyridine rings is 1. The van der Waals surface area contributed by atoms with Gasteiger partial charge in [0.15, 0.2) is 0 Å². The van der Waals surface area contributed by atoms with Crippen LogP contribution in [0.1, 0.15) is 81.0 Å². The molecule has 0 atom stereocenters. The van der Waals surface area contributed by atoms with Crippen LogP contribution in [0, 0.1) is 11.3 Å². The highest BCUT2D eigenvalue weighted by atomic mass is 16.3. The zero-order chi connectivity index (χ0) is 29.3. The van der Waals surface area contributed by atoms with Crippen molar-refractivity contribution >= 4 is 45.5 Å². The van der Waals surface area contributed by atoms with E-state index in [0.29, 0.717) is 5.56 Å². The van der Waals surface area contributed by atoms with E-state index in [0.717, 1.165) is 50.7 Å². The molecule has 42 heavy (non-hydrogen) atoms. The number of hydrogen-bond acceptors (Lipinski definition) is 3. The Morgan fingerprint density at radius 1 is 0.810 bits per heavy atom. The van der Waals surface area contributed by atoms with Gasteiger partial charge in [0.05, 0.1) is 17.3 Å². The van der Waals surface area contributed by atoms with E-state index in [-0.39, 0.29) is 15.9 Å². The fourth-order valence-electron chi connectivity index (χ4n) is 7.98. The lowest BCUT2D eigenvalue weighted by Gasteiger charge is -2.47. The van der Waals surface area contributed by atoms with E-state index in [1.54, 1.807) is 5.56 Å². The van der Waals surface area contributed by atoms with Crippen LogP contribution in [0.25, 0.3) is 44.3 Å². The molecule has 6 heteroatoms. The van der Waals surface area contributed by atoms with E-state index in [9.17, 15) is 5.26 Å². The summed E-state index contributed by atoms with van der Waals surface area (Å²) in [6, 6.07) is 23.7. The maximum atomic E-state index is 10.4. The van der Waals surface area contributed by atoms with Gasteiger partial charge < -0.3 is 4.42 Å². The summed E-state index contributed by atoms with van der Waals surface area (Å²) in [6.07, 6.45) is 10.5. The summed E-state index contributed by atoms with van der Waals surface area (Å²) in [6.45, 7) is 4.81. The van der Waals surface area contributed by atoms with Gasteiger partial charge in [0.1, 0.15) is 34.7 Å². The maximum absolute atomic E-state index is 10.4. The summed E-state index contributed by atoms with van der Waals surface area (Å²) in [5.41, 5.74) is 10.7. The molecule has 206 valence electrons. The first-order chi connectivity index (χ1) is 20.1. The molecule has 0 aliphatic heterocycles. The average molecular weight is 546 g/mol. The molecule has 1 saturated carbocycles. The lowest BCUT2D eigenvalue weighted by molar-refractivity contribution is 0.378. The van der Waals surface area contributed by atoms with Gasteiger partial charge in [-0.1, -0.05) is 93.5 Å². The summed E-state index contributed by atoms with van der Waals surface area (Å²) < 4.78 is 6.82. The number of furan rings is 1. The normalized spacial score (nSPS) is 18.9. The second-order valence-electron chi connectivity index (χ2n) is 14.3. The van der Waals surface area contributed by atoms with E-state index in [2.05, 4.69) is 84.8 Å². The highest BCUT2D eigenvalue weighted by molar-refractivity contribution is 6.40. The van der Waals surface area contributed by atoms with Crippen molar-refractivity contribution < 1.29 is 4.42 Å². The van der Waals surface area contributed by atoms with E-state index < -0.39 is 0 Å². The summed E-state index contributed by atoms with van der Waals surface area (Å²) >= 11 is 0. The maximum Gasteiger partial charge on any atom is 0.144 e. The number of rotatable bonds is 3. The van der Waals surface area contributed by atoms with Gasteiger partial charge in [-0.3, -0.25) is 4.98 Å². The molecule has 5 aromatic rings. The van der Waals surface area contributed by atoms with E-state index in [1.165, 1.54) is 49.7 Å². The minimum Gasteiger partial charge on any atom is -0.455 e. The Hall–Kier alpha value is -3.71. The molecule has 0 N–H and O–H groups in total. The first-order valence-corrected chi connectivity index (χ1v) is 15.6. The average Bonchev–Trinajstić information content (AvgIpc) is 3.38. The summed E-state index contributed by atoms with van der Waals surface area (Å²) in [5.74, 6) is 0. The van der Waals surface area contributed by atoms with Crippen LogP contribution in [0.5, 0.6) is 0 Å². The van der Waals surface area contributed by atoms with Crippen molar-refractivity contribution in [3.05, 3.63) is 89.1 Å². The van der Waals surface area contributed by atoms with Crippen LogP contribution in [-0.4, -0.2) is 28.5 Å². The number of hydrogen-bond donors (Lipinski definition) is 0. The van der Waals surface area contributed by atoms with Crippen LogP contribution in [0.2, 0.25) is 0 Å². The fraction of sp³-hybridized carbons (Fsp3) is 0.333. The Morgan fingerprint density at radius 3 is 2.31 bits per heavy atom.